The van der Waals surface area contributed by atoms with Crippen LogP contribution in [0.5, 0.6) is 0 Å². The number of nitrogens with zero attached hydrogens (tertiary/aromatic N) is 5. The predicted octanol–water partition coefficient (Wildman–Crippen LogP) is 3.24. The molecular weight excluding hydrogens is 345 g/mol. The first kappa shape index (κ1) is 14.6. The van der Waals surface area contributed by atoms with Crippen LogP contribution in [0.3, 0.4) is 0 Å². The van der Waals surface area contributed by atoms with Gasteiger partial charge >= 0.3 is 0 Å². The van der Waals surface area contributed by atoms with E-state index in [9.17, 15) is 4.39 Å². The average Bonchev–Trinajstić information content (AvgIpc) is 3.05. The van der Waals surface area contributed by atoms with Gasteiger partial charge in [0.2, 0.25) is 5.95 Å². The molecule has 0 saturated heterocycles. The lowest BCUT2D eigenvalue weighted by atomic mass is 10.2. The van der Waals surface area contributed by atoms with Crippen LogP contribution in [0.1, 0.15) is 12.8 Å². The van der Waals surface area contributed by atoms with Gasteiger partial charge in [0.25, 0.3) is 0 Å². The van der Waals surface area contributed by atoms with Gasteiger partial charge in [-0.15, -0.1) is 0 Å². The van der Waals surface area contributed by atoms with Gasteiger partial charge < -0.3 is 10.3 Å². The number of alkyl halides is 1. The summed E-state index contributed by atoms with van der Waals surface area (Å²) in [5, 5.41) is 8.73. The van der Waals surface area contributed by atoms with Crippen molar-refractivity contribution in [1.29, 1.82) is 0 Å². The Kier molecular flexibility index (Phi) is 2.99. The Bertz CT molecular complexity index is 1100. The summed E-state index contributed by atoms with van der Waals surface area (Å²) in [5.41, 5.74) is 1.83. The van der Waals surface area contributed by atoms with E-state index in [0.717, 1.165) is 16.6 Å². The van der Waals surface area contributed by atoms with Crippen molar-refractivity contribution in [1.82, 2.24) is 29.5 Å². The third-order valence-corrected chi connectivity index (χ3v) is 4.64. The fourth-order valence-corrected chi connectivity index (χ4v) is 2.92. The van der Waals surface area contributed by atoms with Crippen LogP contribution < -0.4 is 5.32 Å². The molecule has 2 N–H and O–H groups in total. The molecule has 1 aliphatic carbocycles. The molecule has 4 aromatic rings. The minimum Gasteiger partial charge on any atom is -0.351 e. The first-order valence-electron chi connectivity index (χ1n) is 7.89. The van der Waals surface area contributed by atoms with Crippen LogP contribution in [0.25, 0.3) is 27.9 Å². The molecule has 0 spiro atoms. The van der Waals surface area contributed by atoms with E-state index in [4.69, 9.17) is 11.6 Å². The molecular formula is C16H13ClFN7. The second-order valence-corrected chi connectivity index (χ2v) is 6.62. The number of aromatic amines is 1. The van der Waals surface area contributed by atoms with E-state index in [1.54, 1.807) is 16.9 Å². The van der Waals surface area contributed by atoms with E-state index in [1.165, 1.54) is 0 Å². The molecule has 1 saturated carbocycles. The molecule has 0 bridgehead atoms. The Hall–Kier alpha value is -2.74. The Balaban J connectivity index is 1.51. The zero-order valence-electron chi connectivity index (χ0n) is 13.0. The van der Waals surface area contributed by atoms with Crippen molar-refractivity contribution in [3.8, 4) is 11.3 Å². The topological polar surface area (TPSA) is 83.8 Å². The Morgan fingerprint density at radius 3 is 3.00 bits per heavy atom. The lowest BCUT2D eigenvalue weighted by Gasteiger charge is -2.07. The fraction of sp³-hybridized carbons (Fsp3) is 0.250. The molecule has 25 heavy (non-hydrogen) atoms. The largest absolute Gasteiger partial charge is 0.351 e. The quantitative estimate of drug-likeness (QED) is 0.585. The molecule has 7 nitrogen and oxygen atoms in total. The summed E-state index contributed by atoms with van der Waals surface area (Å²) in [6, 6.07) is 3.72. The predicted molar refractivity (Wildman–Crippen MR) is 92.4 cm³/mol. The zero-order valence-corrected chi connectivity index (χ0v) is 13.8. The highest BCUT2D eigenvalue weighted by Gasteiger charge is 2.43. The van der Waals surface area contributed by atoms with Crippen LogP contribution in [0.15, 0.2) is 30.7 Å². The van der Waals surface area contributed by atoms with Gasteiger partial charge in [0, 0.05) is 23.3 Å². The van der Waals surface area contributed by atoms with Gasteiger partial charge in [-0.25, -0.2) is 18.9 Å². The number of H-pyrrole nitrogens is 1. The SMILES string of the molecule is FC1(CNc2ncc3c(-c4ccc5ncc(Cl)n5n4)c[nH]c3n2)CC1. The van der Waals surface area contributed by atoms with Crippen molar-refractivity contribution < 1.29 is 4.39 Å². The van der Waals surface area contributed by atoms with Crippen LogP contribution in [-0.2, 0) is 0 Å². The van der Waals surface area contributed by atoms with Gasteiger partial charge in [-0.05, 0) is 25.0 Å². The van der Waals surface area contributed by atoms with Crippen LogP contribution in [-0.4, -0.2) is 41.8 Å². The molecule has 0 amide bonds. The summed E-state index contributed by atoms with van der Waals surface area (Å²) in [7, 11) is 0. The highest BCUT2D eigenvalue weighted by atomic mass is 35.5. The Morgan fingerprint density at radius 2 is 2.16 bits per heavy atom. The molecule has 0 atom stereocenters. The molecule has 4 heterocycles. The van der Waals surface area contributed by atoms with Crippen molar-refractivity contribution in [2.75, 3.05) is 11.9 Å². The van der Waals surface area contributed by atoms with E-state index in [1.807, 2.05) is 18.3 Å². The monoisotopic (exact) mass is 357 g/mol. The van der Waals surface area contributed by atoms with Gasteiger partial charge in [-0.1, -0.05) is 11.6 Å². The standard InChI is InChI=1S/C16H13ClFN7/c17-12-7-19-13-2-1-11(24-25(12)13)9-5-20-14-10(9)6-21-15(23-14)22-8-16(18)3-4-16/h1-2,5-7H,3-4,8H2,(H2,20,21,22,23). The second-order valence-electron chi connectivity index (χ2n) is 6.23. The molecule has 126 valence electrons. The van der Waals surface area contributed by atoms with Crippen molar-refractivity contribution in [2.45, 2.75) is 18.5 Å². The Labute approximate surface area is 146 Å². The molecule has 4 aromatic heterocycles. The third-order valence-electron chi connectivity index (χ3n) is 4.38. The highest BCUT2D eigenvalue weighted by molar-refractivity contribution is 6.29. The molecule has 0 aromatic carbocycles. The van der Waals surface area contributed by atoms with Gasteiger partial charge in [0.1, 0.15) is 11.3 Å². The average molecular weight is 358 g/mol. The summed E-state index contributed by atoms with van der Waals surface area (Å²) in [6.07, 6.45) is 6.27. The van der Waals surface area contributed by atoms with Crippen LogP contribution >= 0.6 is 11.6 Å². The van der Waals surface area contributed by atoms with Crippen LogP contribution in [0.4, 0.5) is 10.3 Å². The number of hydrogen-bond donors (Lipinski definition) is 2. The molecule has 1 aliphatic rings. The molecule has 9 heteroatoms. The fourth-order valence-electron chi connectivity index (χ4n) is 2.74. The van der Waals surface area contributed by atoms with E-state index >= 15 is 0 Å². The maximum atomic E-state index is 13.7. The molecule has 1 fully saturated rings. The second kappa shape index (κ2) is 5.13. The third kappa shape index (κ3) is 2.49. The number of aromatic nitrogens is 6. The van der Waals surface area contributed by atoms with Crippen molar-refractivity contribution in [3.63, 3.8) is 0 Å². The molecule has 0 radical (unpaired) electrons. The number of fused-ring (bicyclic) bond motifs is 2. The lowest BCUT2D eigenvalue weighted by molar-refractivity contribution is 0.326. The maximum absolute atomic E-state index is 13.7. The smallest absolute Gasteiger partial charge is 0.224 e. The van der Waals surface area contributed by atoms with Crippen LogP contribution in [0.2, 0.25) is 5.15 Å². The molecule has 5 rings (SSSR count). The number of anilines is 1. The molecule has 0 unspecified atom stereocenters. The number of nitrogens with one attached hydrogen (secondary N) is 2. The summed E-state index contributed by atoms with van der Waals surface area (Å²) < 4.78 is 15.3. The number of halogens is 2. The summed E-state index contributed by atoms with van der Waals surface area (Å²) >= 11 is 6.09. The summed E-state index contributed by atoms with van der Waals surface area (Å²) in [6.45, 7) is 0.240. The van der Waals surface area contributed by atoms with E-state index in [0.29, 0.717) is 35.2 Å². The first-order valence-corrected chi connectivity index (χ1v) is 8.27. The van der Waals surface area contributed by atoms with Crippen molar-refractivity contribution >= 4 is 34.2 Å². The van der Waals surface area contributed by atoms with Crippen LogP contribution in [0, 0.1) is 0 Å². The van der Waals surface area contributed by atoms with Gasteiger partial charge in [0.05, 0.1) is 18.4 Å². The normalized spacial score (nSPS) is 15.8. The van der Waals surface area contributed by atoms with Gasteiger partial charge in [0.15, 0.2) is 10.8 Å². The number of hydrogen-bond acceptors (Lipinski definition) is 5. The lowest BCUT2D eigenvalue weighted by Crippen LogP contribution is -2.17. The zero-order chi connectivity index (χ0) is 17.0. The first-order chi connectivity index (χ1) is 12.1. The van der Waals surface area contributed by atoms with E-state index in [2.05, 4.69) is 30.4 Å². The maximum Gasteiger partial charge on any atom is 0.224 e. The Morgan fingerprint density at radius 1 is 1.28 bits per heavy atom. The molecule has 0 aliphatic heterocycles. The number of rotatable bonds is 4. The van der Waals surface area contributed by atoms with E-state index < -0.39 is 5.67 Å². The van der Waals surface area contributed by atoms with Gasteiger partial charge in [-0.3, -0.25) is 0 Å². The van der Waals surface area contributed by atoms with Crippen molar-refractivity contribution in [3.05, 3.63) is 35.9 Å². The summed E-state index contributed by atoms with van der Waals surface area (Å²) in [4.78, 5) is 16.0. The minimum absolute atomic E-state index is 0.240. The van der Waals surface area contributed by atoms with E-state index in [-0.39, 0.29) is 6.54 Å². The van der Waals surface area contributed by atoms with Crippen molar-refractivity contribution in [2.24, 2.45) is 0 Å². The minimum atomic E-state index is -1.09. The number of imidazole rings is 1. The highest BCUT2D eigenvalue weighted by Crippen LogP contribution is 2.39. The summed E-state index contributed by atoms with van der Waals surface area (Å²) in [5.74, 6) is 0.408. The van der Waals surface area contributed by atoms with Gasteiger partial charge in [-0.2, -0.15) is 10.1 Å².